The fourth-order valence-electron chi connectivity index (χ4n) is 1.93. The zero-order valence-electron chi connectivity index (χ0n) is 12.9. The maximum absolute atomic E-state index is 13.6. The minimum atomic E-state index is -5.15. The van der Waals surface area contributed by atoms with E-state index in [0.29, 0.717) is 6.92 Å². The summed E-state index contributed by atoms with van der Waals surface area (Å²) >= 11 is 0. The Hall–Kier alpha value is -2.42. The molecule has 0 bridgehead atoms. The summed E-state index contributed by atoms with van der Waals surface area (Å²) in [6.07, 6.45) is -5.15. The molecule has 0 amide bonds. The quantitative estimate of drug-likeness (QED) is 0.587. The van der Waals surface area contributed by atoms with Crippen molar-refractivity contribution >= 4 is 9.84 Å². The molecule has 2 rings (SSSR count). The van der Waals surface area contributed by atoms with Crippen LogP contribution in [-0.2, 0) is 9.84 Å². The average Bonchev–Trinajstić information content (AvgIpc) is 2.53. The third kappa shape index (κ3) is 3.65. The molecule has 0 fully saturated rings. The van der Waals surface area contributed by atoms with Crippen LogP contribution in [0.15, 0.2) is 64.9 Å². The van der Waals surface area contributed by atoms with Crippen LogP contribution in [0.4, 0.5) is 17.6 Å². The molecule has 1 aromatic heterocycles. The van der Waals surface area contributed by atoms with Gasteiger partial charge in [0.1, 0.15) is 0 Å². The monoisotopic (exact) mass is 375 g/mol. The zero-order valence-corrected chi connectivity index (χ0v) is 13.7. The first-order chi connectivity index (χ1) is 11.5. The number of halogens is 4. The highest BCUT2D eigenvalue weighted by Gasteiger charge is 2.59. The van der Waals surface area contributed by atoms with Crippen LogP contribution in [0.2, 0.25) is 0 Å². The SMILES string of the molecule is C=C(C(C)(Oc1cccc(F)n1)C(F)(F)F)S(=O)(=O)c1ccccc1. The predicted molar refractivity (Wildman–Crippen MR) is 82.1 cm³/mol. The van der Waals surface area contributed by atoms with E-state index in [2.05, 4.69) is 11.6 Å². The molecule has 0 saturated heterocycles. The molecule has 0 aliphatic rings. The lowest BCUT2D eigenvalue weighted by Crippen LogP contribution is -2.51. The number of rotatable bonds is 5. The van der Waals surface area contributed by atoms with E-state index in [4.69, 9.17) is 4.74 Å². The van der Waals surface area contributed by atoms with E-state index in [1.807, 2.05) is 0 Å². The van der Waals surface area contributed by atoms with E-state index in [9.17, 15) is 26.0 Å². The van der Waals surface area contributed by atoms with Crippen LogP contribution < -0.4 is 4.74 Å². The summed E-state index contributed by atoms with van der Waals surface area (Å²) in [5.41, 5.74) is -3.33. The fourth-order valence-corrected chi connectivity index (χ4v) is 3.40. The van der Waals surface area contributed by atoms with Crippen LogP contribution in [0.1, 0.15) is 6.92 Å². The van der Waals surface area contributed by atoms with Crippen LogP contribution in [0.3, 0.4) is 0 Å². The van der Waals surface area contributed by atoms with Gasteiger partial charge in [0.05, 0.1) is 9.80 Å². The molecule has 25 heavy (non-hydrogen) atoms. The van der Waals surface area contributed by atoms with Gasteiger partial charge in [-0.2, -0.15) is 22.5 Å². The van der Waals surface area contributed by atoms with Crippen molar-refractivity contribution in [2.24, 2.45) is 0 Å². The fraction of sp³-hybridized carbons (Fsp3) is 0.188. The molecular formula is C16H13F4NO3S. The molecule has 1 aromatic carbocycles. The molecule has 1 heterocycles. The average molecular weight is 375 g/mol. The molecule has 0 aliphatic heterocycles. The van der Waals surface area contributed by atoms with Crippen molar-refractivity contribution in [3.8, 4) is 5.88 Å². The Bertz CT molecular complexity index is 882. The number of hydrogen-bond donors (Lipinski definition) is 0. The first-order valence-corrected chi connectivity index (χ1v) is 8.34. The Morgan fingerprint density at radius 2 is 1.68 bits per heavy atom. The summed E-state index contributed by atoms with van der Waals surface area (Å²) in [5, 5.41) is 0. The van der Waals surface area contributed by atoms with Crippen LogP contribution in [0, 0.1) is 5.95 Å². The lowest BCUT2D eigenvalue weighted by molar-refractivity contribution is -0.224. The number of pyridine rings is 1. The Kier molecular flexibility index (Phi) is 4.90. The maximum Gasteiger partial charge on any atom is 0.433 e. The Morgan fingerprint density at radius 3 is 2.20 bits per heavy atom. The molecule has 4 nitrogen and oxygen atoms in total. The molecule has 0 saturated carbocycles. The van der Waals surface area contributed by atoms with E-state index in [0.717, 1.165) is 30.3 Å². The van der Waals surface area contributed by atoms with Crippen molar-refractivity contribution in [3.05, 3.63) is 66.0 Å². The van der Waals surface area contributed by atoms with Crippen LogP contribution in [0.25, 0.3) is 0 Å². The van der Waals surface area contributed by atoms with Gasteiger partial charge in [0, 0.05) is 6.07 Å². The summed E-state index contributed by atoms with van der Waals surface area (Å²) in [6.45, 7) is 3.61. The lowest BCUT2D eigenvalue weighted by atomic mass is 10.1. The van der Waals surface area contributed by atoms with E-state index < -0.39 is 38.3 Å². The summed E-state index contributed by atoms with van der Waals surface area (Å²) < 4.78 is 83.8. The van der Waals surface area contributed by atoms with E-state index in [1.165, 1.54) is 18.2 Å². The third-order valence-corrected chi connectivity index (χ3v) is 5.38. The van der Waals surface area contributed by atoms with E-state index in [1.54, 1.807) is 0 Å². The van der Waals surface area contributed by atoms with Crippen LogP contribution in [0.5, 0.6) is 5.88 Å². The summed E-state index contributed by atoms with van der Waals surface area (Å²) in [5.74, 6) is -1.79. The summed E-state index contributed by atoms with van der Waals surface area (Å²) in [6, 6.07) is 9.49. The number of aromatic nitrogens is 1. The third-order valence-electron chi connectivity index (χ3n) is 3.45. The topological polar surface area (TPSA) is 56.3 Å². The molecule has 0 radical (unpaired) electrons. The first kappa shape index (κ1) is 18.9. The van der Waals surface area contributed by atoms with Gasteiger partial charge in [-0.05, 0) is 25.1 Å². The van der Waals surface area contributed by atoms with Crippen LogP contribution >= 0.6 is 0 Å². The molecule has 0 N–H and O–H groups in total. The van der Waals surface area contributed by atoms with Crippen molar-refractivity contribution in [2.75, 3.05) is 0 Å². The lowest BCUT2D eigenvalue weighted by Gasteiger charge is -2.33. The van der Waals surface area contributed by atoms with Gasteiger partial charge in [-0.15, -0.1) is 0 Å². The second-order valence-electron chi connectivity index (χ2n) is 5.17. The summed E-state index contributed by atoms with van der Waals surface area (Å²) in [4.78, 5) is 1.58. The number of nitrogens with zero attached hydrogens (tertiary/aromatic N) is 1. The molecule has 0 aliphatic carbocycles. The second-order valence-corrected chi connectivity index (χ2v) is 7.14. The van der Waals surface area contributed by atoms with E-state index in [-0.39, 0.29) is 4.90 Å². The largest absolute Gasteiger partial charge is 0.456 e. The van der Waals surface area contributed by atoms with Crippen LogP contribution in [-0.4, -0.2) is 25.2 Å². The van der Waals surface area contributed by atoms with Gasteiger partial charge in [-0.1, -0.05) is 30.8 Å². The Balaban J connectivity index is 2.52. The molecule has 2 aromatic rings. The normalized spacial score (nSPS) is 14.6. The zero-order chi connectivity index (χ0) is 18.9. The van der Waals surface area contributed by atoms with Gasteiger partial charge in [0.25, 0.3) is 0 Å². The predicted octanol–water partition coefficient (Wildman–Crippen LogP) is 3.91. The molecular weight excluding hydrogens is 362 g/mol. The minimum absolute atomic E-state index is 0.369. The van der Waals surface area contributed by atoms with Crippen molar-refractivity contribution < 1.29 is 30.7 Å². The van der Waals surface area contributed by atoms with Gasteiger partial charge in [0.15, 0.2) is 0 Å². The second kappa shape index (κ2) is 6.47. The highest BCUT2D eigenvalue weighted by molar-refractivity contribution is 7.95. The highest BCUT2D eigenvalue weighted by Crippen LogP contribution is 2.42. The van der Waals surface area contributed by atoms with Gasteiger partial charge >= 0.3 is 6.18 Å². The molecule has 1 atom stereocenters. The Morgan fingerprint density at radius 1 is 1.08 bits per heavy atom. The molecule has 9 heteroatoms. The minimum Gasteiger partial charge on any atom is -0.456 e. The number of ether oxygens (including phenoxy) is 1. The maximum atomic E-state index is 13.6. The van der Waals surface area contributed by atoms with Gasteiger partial charge in [0.2, 0.25) is 27.3 Å². The van der Waals surface area contributed by atoms with Gasteiger partial charge in [-0.3, -0.25) is 0 Å². The highest BCUT2D eigenvalue weighted by atomic mass is 32.2. The number of hydrogen-bond acceptors (Lipinski definition) is 4. The van der Waals surface area contributed by atoms with Crippen molar-refractivity contribution in [1.82, 2.24) is 4.98 Å². The molecule has 134 valence electrons. The van der Waals surface area contributed by atoms with Gasteiger partial charge < -0.3 is 4.74 Å². The standard InChI is InChI=1S/C16H13F4NO3S/c1-11(25(22,23)12-7-4-3-5-8-12)15(2,16(18,19)20)24-14-10-6-9-13(17)21-14/h3-10H,1H2,2H3. The van der Waals surface area contributed by atoms with Crippen molar-refractivity contribution in [2.45, 2.75) is 23.6 Å². The number of alkyl halides is 3. The Labute approximate surface area is 141 Å². The molecule has 0 spiro atoms. The van der Waals surface area contributed by atoms with Crippen molar-refractivity contribution in [1.29, 1.82) is 0 Å². The van der Waals surface area contributed by atoms with Crippen molar-refractivity contribution in [3.63, 3.8) is 0 Å². The molecule has 1 unspecified atom stereocenters. The smallest absolute Gasteiger partial charge is 0.433 e. The first-order valence-electron chi connectivity index (χ1n) is 6.86. The van der Waals surface area contributed by atoms with E-state index >= 15 is 0 Å². The number of sulfone groups is 1. The van der Waals surface area contributed by atoms with Gasteiger partial charge in [-0.25, -0.2) is 8.42 Å². The number of benzene rings is 1. The summed E-state index contributed by atoms with van der Waals surface area (Å²) in [7, 11) is -4.57.